The molecule has 1 aliphatic rings. The molecule has 0 aliphatic carbocycles. The number of halogens is 3. The maximum absolute atomic E-state index is 12.5. The highest BCUT2D eigenvalue weighted by Gasteiger charge is 2.42. The van der Waals surface area contributed by atoms with Crippen molar-refractivity contribution >= 4 is 11.6 Å². The Morgan fingerprint density at radius 3 is 2.69 bits per heavy atom. The number of carbonyl (C=O) groups is 1. The molecule has 1 aromatic heterocycles. The second-order valence-electron chi connectivity index (χ2n) is 7.20. The van der Waals surface area contributed by atoms with Gasteiger partial charge in [0.25, 0.3) is 5.89 Å². The van der Waals surface area contributed by atoms with Gasteiger partial charge in [-0.15, -0.1) is 0 Å². The van der Waals surface area contributed by atoms with Crippen LogP contribution < -0.4 is 5.32 Å². The molecule has 0 unspecified atom stereocenters. The van der Waals surface area contributed by atoms with Gasteiger partial charge >= 0.3 is 6.18 Å². The molecule has 7 nitrogen and oxygen atoms in total. The van der Waals surface area contributed by atoms with Crippen LogP contribution in [0.2, 0.25) is 0 Å². The van der Waals surface area contributed by atoms with Crippen molar-refractivity contribution in [1.29, 1.82) is 0 Å². The van der Waals surface area contributed by atoms with E-state index < -0.39 is 24.0 Å². The van der Waals surface area contributed by atoms with E-state index in [0.29, 0.717) is 25.9 Å². The standard InChI is InChI=1S/C19H23F3N4O3/c1-13-4-3-5-14(10-13)23-16(27)12-26-8-6-18(28-2,7-9-26)17-24-15(25-29-17)11-19(20,21)22/h3-5,10H,6-9,11-12H2,1-2H3,(H,23,27). The van der Waals surface area contributed by atoms with Crippen molar-refractivity contribution < 1.29 is 27.2 Å². The van der Waals surface area contributed by atoms with E-state index in [1.807, 2.05) is 36.1 Å². The van der Waals surface area contributed by atoms with Crippen LogP contribution >= 0.6 is 0 Å². The Morgan fingerprint density at radius 2 is 2.07 bits per heavy atom. The number of alkyl halides is 3. The minimum Gasteiger partial charge on any atom is -0.368 e. The fourth-order valence-electron chi connectivity index (χ4n) is 3.39. The lowest BCUT2D eigenvalue weighted by molar-refractivity contribution is -0.128. The van der Waals surface area contributed by atoms with E-state index in [0.717, 1.165) is 11.3 Å². The Hall–Kier alpha value is -2.46. The summed E-state index contributed by atoms with van der Waals surface area (Å²) in [5.41, 5.74) is 0.844. The smallest absolute Gasteiger partial charge is 0.368 e. The van der Waals surface area contributed by atoms with E-state index in [2.05, 4.69) is 15.5 Å². The van der Waals surface area contributed by atoms with Gasteiger partial charge in [0.1, 0.15) is 12.0 Å². The number of amides is 1. The minimum atomic E-state index is -4.41. The number of rotatable bonds is 6. The summed E-state index contributed by atoms with van der Waals surface area (Å²) in [7, 11) is 1.47. The Morgan fingerprint density at radius 1 is 1.34 bits per heavy atom. The van der Waals surface area contributed by atoms with Crippen LogP contribution in [0.3, 0.4) is 0 Å². The lowest BCUT2D eigenvalue weighted by Crippen LogP contribution is -2.46. The number of nitrogens with one attached hydrogen (secondary N) is 1. The molecule has 0 spiro atoms. The van der Waals surface area contributed by atoms with Gasteiger partial charge in [-0.05, 0) is 37.5 Å². The van der Waals surface area contributed by atoms with Crippen molar-refractivity contribution in [3.05, 3.63) is 41.5 Å². The number of aryl methyl sites for hydroxylation is 1. The zero-order valence-corrected chi connectivity index (χ0v) is 16.3. The lowest BCUT2D eigenvalue weighted by atomic mass is 9.91. The first-order valence-electron chi connectivity index (χ1n) is 9.23. The molecule has 10 heteroatoms. The van der Waals surface area contributed by atoms with E-state index in [4.69, 9.17) is 9.26 Å². The zero-order valence-electron chi connectivity index (χ0n) is 16.3. The monoisotopic (exact) mass is 412 g/mol. The predicted octanol–water partition coefficient (Wildman–Crippen LogP) is 3.06. The maximum atomic E-state index is 12.5. The fourth-order valence-corrected chi connectivity index (χ4v) is 3.39. The zero-order chi connectivity index (χ0) is 21.1. The molecule has 3 rings (SSSR count). The van der Waals surface area contributed by atoms with Gasteiger partial charge < -0.3 is 14.6 Å². The van der Waals surface area contributed by atoms with Crippen LogP contribution in [0.1, 0.15) is 30.1 Å². The third-order valence-electron chi connectivity index (χ3n) is 4.94. The highest BCUT2D eigenvalue weighted by molar-refractivity contribution is 5.92. The molecule has 0 radical (unpaired) electrons. The third-order valence-corrected chi connectivity index (χ3v) is 4.94. The Labute approximate surface area is 166 Å². The Bertz CT molecular complexity index is 845. The van der Waals surface area contributed by atoms with E-state index in [1.165, 1.54) is 7.11 Å². The summed E-state index contributed by atoms with van der Waals surface area (Å²) in [5.74, 6) is -0.502. The Balaban J connectivity index is 1.57. The van der Waals surface area contributed by atoms with Crippen molar-refractivity contribution in [3.8, 4) is 0 Å². The molecular formula is C19H23F3N4O3. The molecule has 1 aliphatic heterocycles. The molecule has 0 bridgehead atoms. The van der Waals surface area contributed by atoms with Crippen LogP contribution in [-0.4, -0.2) is 53.9 Å². The molecule has 158 valence electrons. The highest BCUT2D eigenvalue weighted by atomic mass is 19.4. The van der Waals surface area contributed by atoms with Crippen molar-refractivity contribution in [3.63, 3.8) is 0 Å². The van der Waals surface area contributed by atoms with Gasteiger partial charge in [0, 0.05) is 25.9 Å². The second kappa shape index (κ2) is 8.50. The Kier molecular flexibility index (Phi) is 6.23. The molecule has 0 saturated carbocycles. The molecular weight excluding hydrogens is 389 g/mol. The van der Waals surface area contributed by atoms with Gasteiger partial charge in [0.05, 0.1) is 6.54 Å². The summed E-state index contributed by atoms with van der Waals surface area (Å²) in [5, 5.41) is 6.29. The fraction of sp³-hybridized carbons (Fsp3) is 0.526. The number of piperidine rings is 1. The first kappa shape index (κ1) is 21.3. The highest BCUT2D eigenvalue weighted by Crippen LogP contribution is 2.35. The van der Waals surface area contributed by atoms with Gasteiger partial charge in [0.2, 0.25) is 5.91 Å². The average Bonchev–Trinajstić information content (AvgIpc) is 3.09. The van der Waals surface area contributed by atoms with E-state index >= 15 is 0 Å². The van der Waals surface area contributed by atoms with Crippen LogP contribution in [0, 0.1) is 6.92 Å². The number of likely N-dealkylation sites (tertiary alicyclic amines) is 1. The molecule has 1 saturated heterocycles. The number of nitrogens with zero attached hydrogens (tertiary/aromatic N) is 3. The second-order valence-corrected chi connectivity index (χ2v) is 7.20. The summed E-state index contributed by atoms with van der Waals surface area (Å²) in [6, 6.07) is 7.53. The van der Waals surface area contributed by atoms with Gasteiger partial charge in [-0.1, -0.05) is 17.3 Å². The van der Waals surface area contributed by atoms with Gasteiger partial charge in [-0.25, -0.2) is 0 Å². The van der Waals surface area contributed by atoms with Crippen molar-refractivity contribution in [2.45, 2.75) is 38.0 Å². The topological polar surface area (TPSA) is 80.5 Å². The number of ether oxygens (including phenoxy) is 1. The number of carbonyl (C=O) groups excluding carboxylic acids is 1. The van der Waals surface area contributed by atoms with Gasteiger partial charge in [-0.3, -0.25) is 9.69 Å². The molecule has 1 fully saturated rings. The van der Waals surface area contributed by atoms with Crippen molar-refractivity contribution in [2.24, 2.45) is 0 Å². The minimum absolute atomic E-state index is 0.0445. The summed E-state index contributed by atoms with van der Waals surface area (Å²) < 4.78 is 48.2. The van der Waals surface area contributed by atoms with Crippen LogP contribution in [0.5, 0.6) is 0 Å². The maximum Gasteiger partial charge on any atom is 0.396 e. The lowest BCUT2D eigenvalue weighted by Gasteiger charge is -2.37. The van der Waals surface area contributed by atoms with E-state index in [9.17, 15) is 18.0 Å². The molecule has 1 N–H and O–H groups in total. The number of anilines is 1. The van der Waals surface area contributed by atoms with E-state index in [-0.39, 0.29) is 18.3 Å². The number of hydrogen-bond donors (Lipinski definition) is 1. The molecule has 2 heterocycles. The summed E-state index contributed by atoms with van der Waals surface area (Å²) in [6.45, 7) is 3.16. The van der Waals surface area contributed by atoms with Crippen molar-refractivity contribution in [1.82, 2.24) is 15.0 Å². The van der Waals surface area contributed by atoms with Crippen LogP contribution in [-0.2, 0) is 21.6 Å². The van der Waals surface area contributed by atoms with E-state index in [1.54, 1.807) is 0 Å². The quantitative estimate of drug-likeness (QED) is 0.786. The predicted molar refractivity (Wildman–Crippen MR) is 98.2 cm³/mol. The number of aromatic nitrogens is 2. The largest absolute Gasteiger partial charge is 0.396 e. The molecule has 0 atom stereocenters. The van der Waals surface area contributed by atoms with Gasteiger partial charge in [-0.2, -0.15) is 18.2 Å². The molecule has 29 heavy (non-hydrogen) atoms. The summed E-state index contributed by atoms with van der Waals surface area (Å²) in [6.07, 6.45) is -4.80. The first-order valence-corrected chi connectivity index (χ1v) is 9.23. The van der Waals surface area contributed by atoms with Crippen LogP contribution in [0.4, 0.5) is 18.9 Å². The number of hydrogen-bond acceptors (Lipinski definition) is 6. The molecule has 1 aromatic carbocycles. The normalized spacial score (nSPS) is 17.3. The molecule has 1 amide bonds. The molecule has 2 aromatic rings. The number of benzene rings is 1. The summed E-state index contributed by atoms with van der Waals surface area (Å²) >= 11 is 0. The third kappa shape index (κ3) is 5.54. The number of methoxy groups -OCH3 is 1. The average molecular weight is 412 g/mol. The van der Waals surface area contributed by atoms with Crippen LogP contribution in [0.25, 0.3) is 0 Å². The van der Waals surface area contributed by atoms with Crippen LogP contribution in [0.15, 0.2) is 28.8 Å². The van der Waals surface area contributed by atoms with Crippen molar-refractivity contribution in [2.75, 3.05) is 32.1 Å². The first-order chi connectivity index (χ1) is 13.7. The SMILES string of the molecule is COC1(c2nc(CC(F)(F)F)no2)CCN(CC(=O)Nc2cccc(C)c2)CC1. The summed E-state index contributed by atoms with van der Waals surface area (Å²) in [4.78, 5) is 18.1. The van der Waals surface area contributed by atoms with Gasteiger partial charge in [0.15, 0.2) is 5.82 Å².